The van der Waals surface area contributed by atoms with Gasteiger partial charge in [-0.15, -0.1) is 0 Å². The fourth-order valence-corrected chi connectivity index (χ4v) is 3.13. The number of rotatable bonds is 4. The van der Waals surface area contributed by atoms with Crippen molar-refractivity contribution in [2.75, 3.05) is 13.2 Å². The monoisotopic (exact) mass is 277 g/mol. The maximum atomic E-state index is 13.0. The summed E-state index contributed by atoms with van der Waals surface area (Å²) in [5, 5.41) is 3.02. The van der Waals surface area contributed by atoms with E-state index in [1.165, 1.54) is 12.1 Å². The molecule has 2 aliphatic rings. The van der Waals surface area contributed by atoms with Gasteiger partial charge in [0, 0.05) is 18.6 Å². The van der Waals surface area contributed by atoms with Crippen LogP contribution in [0.15, 0.2) is 24.3 Å². The second-order valence-corrected chi connectivity index (χ2v) is 5.86. The van der Waals surface area contributed by atoms with E-state index < -0.39 is 0 Å². The maximum absolute atomic E-state index is 13.0. The van der Waals surface area contributed by atoms with Crippen molar-refractivity contribution in [1.82, 2.24) is 5.32 Å². The van der Waals surface area contributed by atoms with Crippen LogP contribution in [0.4, 0.5) is 4.39 Å². The van der Waals surface area contributed by atoms with E-state index >= 15 is 0 Å². The smallest absolute Gasteiger partial charge is 0.249 e. The first-order chi connectivity index (χ1) is 9.70. The fourth-order valence-electron chi connectivity index (χ4n) is 3.13. The molecule has 1 unspecified atom stereocenters. The summed E-state index contributed by atoms with van der Waals surface area (Å²) in [7, 11) is 0. The number of halogens is 1. The minimum absolute atomic E-state index is 0.00381. The van der Waals surface area contributed by atoms with Crippen molar-refractivity contribution in [3.63, 3.8) is 0 Å². The summed E-state index contributed by atoms with van der Waals surface area (Å²) >= 11 is 0. The molecule has 0 aromatic heterocycles. The molecule has 20 heavy (non-hydrogen) atoms. The normalized spacial score (nSPS) is 24.1. The summed E-state index contributed by atoms with van der Waals surface area (Å²) in [5.74, 6) is -0.220. The van der Waals surface area contributed by atoms with E-state index in [-0.39, 0.29) is 23.2 Å². The zero-order chi connectivity index (χ0) is 14.0. The lowest BCUT2D eigenvalue weighted by Crippen LogP contribution is -2.47. The van der Waals surface area contributed by atoms with Gasteiger partial charge in [0.05, 0.1) is 0 Å². The summed E-state index contributed by atoms with van der Waals surface area (Å²) in [6.45, 7) is 1.30. The van der Waals surface area contributed by atoms with E-state index in [0.717, 1.165) is 37.7 Å². The van der Waals surface area contributed by atoms with Crippen LogP contribution < -0.4 is 5.32 Å². The molecule has 3 rings (SSSR count). The van der Waals surface area contributed by atoms with Crippen molar-refractivity contribution in [3.8, 4) is 0 Å². The summed E-state index contributed by atoms with van der Waals surface area (Å²) < 4.78 is 18.4. The van der Waals surface area contributed by atoms with Gasteiger partial charge in [0.1, 0.15) is 11.9 Å². The zero-order valence-electron chi connectivity index (χ0n) is 11.5. The molecule has 1 heterocycles. The fraction of sp³-hybridized carbons (Fsp3) is 0.562. The van der Waals surface area contributed by atoms with Gasteiger partial charge in [-0.3, -0.25) is 4.79 Å². The molecule has 1 aromatic carbocycles. The quantitative estimate of drug-likeness (QED) is 0.918. The number of carbonyl (C=O) groups is 1. The highest BCUT2D eigenvalue weighted by Crippen LogP contribution is 2.43. The van der Waals surface area contributed by atoms with Crippen molar-refractivity contribution in [3.05, 3.63) is 35.6 Å². The molecular weight excluding hydrogens is 257 g/mol. The number of benzene rings is 1. The number of carbonyl (C=O) groups excluding carboxylic acids is 1. The summed E-state index contributed by atoms with van der Waals surface area (Å²) in [4.78, 5) is 12.0. The first-order valence-electron chi connectivity index (χ1n) is 7.35. The van der Waals surface area contributed by atoms with Gasteiger partial charge in [-0.05, 0) is 43.4 Å². The van der Waals surface area contributed by atoms with Crippen molar-refractivity contribution in [2.45, 2.75) is 43.6 Å². The Morgan fingerprint density at radius 2 is 2.05 bits per heavy atom. The van der Waals surface area contributed by atoms with Crippen molar-refractivity contribution in [2.24, 2.45) is 0 Å². The van der Waals surface area contributed by atoms with Crippen molar-refractivity contribution >= 4 is 5.91 Å². The number of amides is 1. The van der Waals surface area contributed by atoms with E-state index in [1.54, 1.807) is 0 Å². The zero-order valence-corrected chi connectivity index (χ0v) is 11.5. The van der Waals surface area contributed by atoms with Crippen LogP contribution in [0.5, 0.6) is 0 Å². The molecule has 1 saturated heterocycles. The van der Waals surface area contributed by atoms with Crippen molar-refractivity contribution in [1.29, 1.82) is 0 Å². The van der Waals surface area contributed by atoms with E-state index in [1.807, 2.05) is 12.1 Å². The standard InChI is InChI=1S/C16H20FNO2/c17-13-6-4-12(5-7-13)16(8-2-9-16)11-18-15(19)14-3-1-10-20-14/h4-7,14H,1-3,8-11H2,(H,18,19). The van der Waals surface area contributed by atoms with Gasteiger partial charge >= 0.3 is 0 Å². The molecule has 1 amide bonds. The van der Waals surface area contributed by atoms with Crippen LogP contribution in [-0.4, -0.2) is 25.2 Å². The molecular formula is C16H20FNO2. The number of hydrogen-bond donors (Lipinski definition) is 1. The molecule has 1 aliphatic heterocycles. The molecule has 2 fully saturated rings. The predicted octanol–water partition coefficient (Wildman–Crippen LogP) is 2.54. The number of hydrogen-bond acceptors (Lipinski definition) is 2. The van der Waals surface area contributed by atoms with Gasteiger partial charge in [0.25, 0.3) is 0 Å². The average molecular weight is 277 g/mol. The second kappa shape index (κ2) is 5.52. The van der Waals surface area contributed by atoms with E-state index in [4.69, 9.17) is 4.74 Å². The van der Waals surface area contributed by atoms with Crippen LogP contribution in [0, 0.1) is 5.82 Å². The molecule has 4 heteroatoms. The lowest BCUT2D eigenvalue weighted by molar-refractivity contribution is -0.130. The van der Waals surface area contributed by atoms with Gasteiger partial charge in [-0.1, -0.05) is 18.6 Å². The number of ether oxygens (including phenoxy) is 1. The van der Waals surface area contributed by atoms with Gasteiger partial charge in [0.15, 0.2) is 0 Å². The Labute approximate surface area is 118 Å². The third-order valence-electron chi connectivity index (χ3n) is 4.59. The lowest BCUT2D eigenvalue weighted by atomic mass is 9.64. The van der Waals surface area contributed by atoms with Gasteiger partial charge in [-0.25, -0.2) is 4.39 Å². The molecule has 1 N–H and O–H groups in total. The van der Waals surface area contributed by atoms with Gasteiger partial charge in [0.2, 0.25) is 5.91 Å². The highest BCUT2D eigenvalue weighted by atomic mass is 19.1. The SMILES string of the molecule is O=C(NCC1(c2ccc(F)cc2)CCC1)C1CCCO1. The average Bonchev–Trinajstić information content (AvgIpc) is 2.93. The van der Waals surface area contributed by atoms with Gasteiger partial charge < -0.3 is 10.1 Å². The molecule has 108 valence electrons. The number of nitrogens with one attached hydrogen (secondary N) is 1. The first-order valence-corrected chi connectivity index (χ1v) is 7.35. The molecule has 3 nitrogen and oxygen atoms in total. The molecule has 1 saturated carbocycles. The molecule has 0 radical (unpaired) electrons. The third kappa shape index (κ3) is 2.57. The third-order valence-corrected chi connectivity index (χ3v) is 4.59. The largest absolute Gasteiger partial charge is 0.368 e. The summed E-state index contributed by atoms with van der Waals surface area (Å²) in [6, 6.07) is 6.67. The predicted molar refractivity (Wildman–Crippen MR) is 73.9 cm³/mol. The van der Waals surface area contributed by atoms with E-state index in [0.29, 0.717) is 13.2 Å². The van der Waals surface area contributed by atoms with Crippen LogP contribution in [0.3, 0.4) is 0 Å². The van der Waals surface area contributed by atoms with Gasteiger partial charge in [-0.2, -0.15) is 0 Å². The second-order valence-electron chi connectivity index (χ2n) is 5.86. The Kier molecular flexibility index (Phi) is 3.74. The molecule has 0 bridgehead atoms. The lowest BCUT2D eigenvalue weighted by Gasteiger charge is -2.42. The maximum Gasteiger partial charge on any atom is 0.249 e. The van der Waals surface area contributed by atoms with Crippen LogP contribution in [0.1, 0.15) is 37.7 Å². The topological polar surface area (TPSA) is 38.3 Å². The Balaban J connectivity index is 1.64. The van der Waals surface area contributed by atoms with Crippen molar-refractivity contribution < 1.29 is 13.9 Å². The van der Waals surface area contributed by atoms with E-state index in [9.17, 15) is 9.18 Å². The van der Waals surface area contributed by atoms with Crippen LogP contribution in [0.2, 0.25) is 0 Å². The molecule has 1 atom stereocenters. The van der Waals surface area contributed by atoms with Crippen LogP contribution >= 0.6 is 0 Å². The van der Waals surface area contributed by atoms with Crippen LogP contribution in [0.25, 0.3) is 0 Å². The Hall–Kier alpha value is -1.42. The first kappa shape index (κ1) is 13.6. The summed E-state index contributed by atoms with van der Waals surface area (Å²) in [6.07, 6.45) is 4.75. The minimum atomic E-state index is -0.277. The Morgan fingerprint density at radius 3 is 2.60 bits per heavy atom. The molecule has 1 aromatic rings. The minimum Gasteiger partial charge on any atom is -0.368 e. The Morgan fingerprint density at radius 1 is 1.30 bits per heavy atom. The van der Waals surface area contributed by atoms with Crippen LogP contribution in [-0.2, 0) is 14.9 Å². The van der Waals surface area contributed by atoms with E-state index in [2.05, 4.69) is 5.32 Å². The highest BCUT2D eigenvalue weighted by Gasteiger charge is 2.39. The highest BCUT2D eigenvalue weighted by molar-refractivity contribution is 5.81. The molecule has 1 aliphatic carbocycles. The Bertz CT molecular complexity index is 476. The summed E-state index contributed by atoms with van der Waals surface area (Å²) in [5.41, 5.74) is 1.11. The molecule has 0 spiro atoms.